The van der Waals surface area contributed by atoms with Gasteiger partial charge in [-0.2, -0.15) is 0 Å². The number of aliphatic hydroxyl groups is 1. The van der Waals surface area contributed by atoms with Crippen LogP contribution in [0.25, 0.3) is 0 Å². The molecule has 0 unspecified atom stereocenters. The topological polar surface area (TPSA) is 83.2 Å². The number of hydrogen-bond donors (Lipinski definition) is 1. The molecule has 0 fully saturated rings. The van der Waals surface area contributed by atoms with Crippen molar-refractivity contribution in [2.45, 2.75) is 59.3 Å². The second-order valence-electron chi connectivity index (χ2n) is 5.02. The average molecular weight is 266 g/mol. The predicted molar refractivity (Wildman–Crippen MR) is 78.8 cm³/mol. The zero-order valence-electron chi connectivity index (χ0n) is 12.7. The van der Waals surface area contributed by atoms with Crippen LogP contribution in [0.3, 0.4) is 0 Å². The van der Waals surface area contributed by atoms with Gasteiger partial charge in [-0.05, 0) is 19.3 Å². The molecule has 0 radical (unpaired) electrons. The van der Waals surface area contributed by atoms with Crippen molar-refractivity contribution in [1.82, 2.24) is 0 Å². The monoisotopic (exact) mass is 266 g/mol. The molecule has 0 saturated carbocycles. The molecule has 0 aliphatic carbocycles. The van der Waals surface area contributed by atoms with Crippen LogP contribution in [0.5, 0.6) is 0 Å². The van der Waals surface area contributed by atoms with Crippen molar-refractivity contribution < 1.29 is 20.5 Å². The number of aliphatic hydroxyl groups excluding tert-OH is 1. The maximum Gasteiger partial charge on any atom is 0.102 e. The molecule has 18 heavy (non-hydrogen) atoms. The summed E-state index contributed by atoms with van der Waals surface area (Å²) in [4.78, 5) is 0. The molecule has 114 valence electrons. The standard InChI is InChI=1S/C14H32NO.2H2O/c1-4-7-10-15(13-14-16,11-8-5-2)12-9-6-3;;/h16H,4-14H2,1-3H3;2*1H2/q+1;;. The molecular weight excluding hydrogens is 230 g/mol. The Kier molecular flexibility index (Phi) is 19.0. The Bertz CT molecular complexity index is 132. The van der Waals surface area contributed by atoms with Gasteiger partial charge in [0.15, 0.2) is 0 Å². The first-order valence-corrected chi connectivity index (χ1v) is 7.20. The molecule has 0 aromatic heterocycles. The molecule has 0 aromatic carbocycles. The summed E-state index contributed by atoms with van der Waals surface area (Å²) in [7, 11) is 0. The van der Waals surface area contributed by atoms with Gasteiger partial charge in [0.05, 0.1) is 26.2 Å². The van der Waals surface area contributed by atoms with Crippen LogP contribution in [0, 0.1) is 0 Å². The van der Waals surface area contributed by atoms with Crippen LogP contribution in [-0.4, -0.2) is 53.3 Å². The smallest absolute Gasteiger partial charge is 0.102 e. The van der Waals surface area contributed by atoms with E-state index in [0.29, 0.717) is 6.61 Å². The first kappa shape index (κ1) is 23.0. The molecule has 0 aliphatic heterocycles. The van der Waals surface area contributed by atoms with E-state index in [1.54, 1.807) is 0 Å². The van der Waals surface area contributed by atoms with Gasteiger partial charge in [-0.15, -0.1) is 0 Å². The molecule has 0 heterocycles. The van der Waals surface area contributed by atoms with E-state index in [4.69, 9.17) is 0 Å². The molecule has 0 spiro atoms. The second-order valence-corrected chi connectivity index (χ2v) is 5.02. The number of quaternary nitrogens is 1. The summed E-state index contributed by atoms with van der Waals surface area (Å²) >= 11 is 0. The van der Waals surface area contributed by atoms with Crippen LogP contribution in [0.15, 0.2) is 0 Å². The van der Waals surface area contributed by atoms with Crippen molar-refractivity contribution >= 4 is 0 Å². The minimum atomic E-state index is 0. The Morgan fingerprint density at radius 2 is 1.00 bits per heavy atom. The quantitative estimate of drug-likeness (QED) is 0.565. The third-order valence-electron chi connectivity index (χ3n) is 3.53. The minimum Gasteiger partial charge on any atom is -0.412 e. The first-order chi connectivity index (χ1) is 7.74. The molecule has 0 atom stereocenters. The summed E-state index contributed by atoms with van der Waals surface area (Å²) in [6.45, 7) is 11.9. The fourth-order valence-electron chi connectivity index (χ4n) is 2.36. The zero-order valence-corrected chi connectivity index (χ0v) is 12.7. The Hall–Kier alpha value is -0.160. The van der Waals surface area contributed by atoms with Gasteiger partial charge in [-0.1, -0.05) is 40.0 Å². The molecular formula is C14H36NO3+. The molecule has 0 amide bonds. The van der Waals surface area contributed by atoms with Crippen LogP contribution >= 0.6 is 0 Å². The summed E-state index contributed by atoms with van der Waals surface area (Å²) in [6, 6.07) is 0. The summed E-state index contributed by atoms with van der Waals surface area (Å²) in [5.74, 6) is 0. The van der Waals surface area contributed by atoms with Crippen molar-refractivity contribution in [3.05, 3.63) is 0 Å². The number of hydrogen-bond acceptors (Lipinski definition) is 1. The van der Waals surface area contributed by atoms with Crippen molar-refractivity contribution in [2.75, 3.05) is 32.8 Å². The van der Waals surface area contributed by atoms with Gasteiger partial charge in [0, 0.05) is 0 Å². The average Bonchev–Trinajstić information content (AvgIpc) is 2.31. The van der Waals surface area contributed by atoms with Gasteiger partial charge in [0.1, 0.15) is 6.54 Å². The highest BCUT2D eigenvalue weighted by Crippen LogP contribution is 2.14. The van der Waals surface area contributed by atoms with E-state index in [1.807, 2.05) is 0 Å². The fraction of sp³-hybridized carbons (Fsp3) is 1.00. The van der Waals surface area contributed by atoms with Gasteiger partial charge >= 0.3 is 0 Å². The molecule has 5 N–H and O–H groups in total. The Morgan fingerprint density at radius 1 is 0.667 bits per heavy atom. The molecule has 0 rings (SSSR count). The lowest BCUT2D eigenvalue weighted by Crippen LogP contribution is -2.51. The van der Waals surface area contributed by atoms with Crippen LogP contribution < -0.4 is 0 Å². The first-order valence-electron chi connectivity index (χ1n) is 7.20. The highest BCUT2D eigenvalue weighted by molar-refractivity contribution is 4.48. The van der Waals surface area contributed by atoms with Crippen LogP contribution in [0.2, 0.25) is 0 Å². The van der Waals surface area contributed by atoms with Crippen LogP contribution in [0.4, 0.5) is 0 Å². The SMILES string of the molecule is CCCC[N+](CCO)(CCCC)CCCC.O.O. The van der Waals surface area contributed by atoms with Gasteiger partial charge in [0.25, 0.3) is 0 Å². The summed E-state index contributed by atoms with van der Waals surface area (Å²) in [5.41, 5.74) is 0. The maximum absolute atomic E-state index is 9.28. The lowest BCUT2D eigenvalue weighted by Gasteiger charge is -2.38. The maximum atomic E-state index is 9.28. The highest BCUT2D eigenvalue weighted by Gasteiger charge is 2.24. The third-order valence-corrected chi connectivity index (χ3v) is 3.53. The van der Waals surface area contributed by atoms with E-state index < -0.39 is 0 Å². The van der Waals surface area contributed by atoms with E-state index in [9.17, 15) is 5.11 Å². The minimum absolute atomic E-state index is 0. The highest BCUT2D eigenvalue weighted by atomic mass is 16.3. The van der Waals surface area contributed by atoms with Gasteiger partial charge in [-0.3, -0.25) is 0 Å². The van der Waals surface area contributed by atoms with E-state index in [2.05, 4.69) is 20.8 Å². The largest absolute Gasteiger partial charge is 0.412 e. The van der Waals surface area contributed by atoms with E-state index >= 15 is 0 Å². The molecule has 4 heteroatoms. The van der Waals surface area contributed by atoms with Crippen LogP contribution in [-0.2, 0) is 0 Å². The lowest BCUT2D eigenvalue weighted by molar-refractivity contribution is -0.929. The normalized spacial score (nSPS) is 10.7. The van der Waals surface area contributed by atoms with E-state index in [1.165, 1.54) is 58.2 Å². The van der Waals surface area contributed by atoms with Crippen molar-refractivity contribution in [3.63, 3.8) is 0 Å². The second kappa shape index (κ2) is 14.9. The molecule has 0 saturated heterocycles. The van der Waals surface area contributed by atoms with Crippen molar-refractivity contribution in [2.24, 2.45) is 0 Å². The van der Waals surface area contributed by atoms with Gasteiger partial charge < -0.3 is 20.5 Å². The third kappa shape index (κ3) is 9.83. The predicted octanol–water partition coefficient (Wildman–Crippen LogP) is 1.55. The Balaban J connectivity index is -0.00000112. The van der Waals surface area contributed by atoms with Gasteiger partial charge in [0.2, 0.25) is 0 Å². The molecule has 0 bridgehead atoms. The molecule has 0 aliphatic rings. The summed E-state index contributed by atoms with van der Waals surface area (Å²) in [5, 5.41) is 9.28. The molecule has 0 aromatic rings. The fourth-order valence-corrected chi connectivity index (χ4v) is 2.36. The number of nitrogens with zero attached hydrogens (tertiary/aromatic N) is 1. The Labute approximate surface area is 113 Å². The van der Waals surface area contributed by atoms with E-state index in [-0.39, 0.29) is 11.0 Å². The molecule has 4 nitrogen and oxygen atoms in total. The lowest BCUT2D eigenvalue weighted by atomic mass is 10.1. The summed E-state index contributed by atoms with van der Waals surface area (Å²) < 4.78 is 1.16. The number of rotatable bonds is 11. The zero-order chi connectivity index (χ0) is 12.3. The number of unbranched alkanes of at least 4 members (excludes halogenated alkanes) is 3. The van der Waals surface area contributed by atoms with E-state index in [0.717, 1.165) is 11.0 Å². The van der Waals surface area contributed by atoms with Crippen molar-refractivity contribution in [1.29, 1.82) is 0 Å². The van der Waals surface area contributed by atoms with Gasteiger partial charge in [-0.25, -0.2) is 0 Å². The van der Waals surface area contributed by atoms with Crippen molar-refractivity contribution in [3.8, 4) is 0 Å². The summed E-state index contributed by atoms with van der Waals surface area (Å²) in [6.07, 6.45) is 7.70. The van der Waals surface area contributed by atoms with Crippen LogP contribution in [0.1, 0.15) is 59.3 Å². The Morgan fingerprint density at radius 3 is 1.22 bits per heavy atom.